The van der Waals surface area contributed by atoms with Crippen LogP contribution in [0.5, 0.6) is 17.2 Å². The highest BCUT2D eigenvalue weighted by molar-refractivity contribution is 7.22. The molecule has 0 radical (unpaired) electrons. The maximum absolute atomic E-state index is 13.6. The first kappa shape index (κ1) is 23.6. The molecule has 2 atom stereocenters. The number of nitrogens with one attached hydrogen (secondary N) is 1. The highest BCUT2D eigenvalue weighted by atomic mass is 32.1. The molecule has 1 saturated heterocycles. The van der Waals surface area contributed by atoms with E-state index < -0.39 is 12.0 Å². The SMILES string of the molecule is COc1ccc([C@H]2[C@@H](C(=O)Nc3nc4ccc(OC)cc4s3)CC(=O)N2c2ccc(OC)cc2)cc1. The van der Waals surface area contributed by atoms with E-state index in [9.17, 15) is 9.59 Å². The van der Waals surface area contributed by atoms with Gasteiger partial charge >= 0.3 is 0 Å². The predicted octanol–water partition coefficient (Wildman–Crippen LogP) is 5.06. The number of rotatable bonds is 7. The van der Waals surface area contributed by atoms with E-state index in [4.69, 9.17) is 14.2 Å². The Morgan fingerprint density at radius 3 is 2.17 bits per heavy atom. The third-order valence-electron chi connectivity index (χ3n) is 6.29. The predicted molar refractivity (Wildman–Crippen MR) is 139 cm³/mol. The molecule has 0 aliphatic carbocycles. The number of nitrogens with zero attached hydrogens (tertiary/aromatic N) is 2. The number of anilines is 2. The lowest BCUT2D eigenvalue weighted by Crippen LogP contribution is -2.32. The Labute approximate surface area is 212 Å². The molecule has 2 amide bonds. The van der Waals surface area contributed by atoms with Crippen molar-refractivity contribution in [3.8, 4) is 17.2 Å². The van der Waals surface area contributed by atoms with Crippen LogP contribution < -0.4 is 24.4 Å². The molecule has 36 heavy (non-hydrogen) atoms. The zero-order chi connectivity index (χ0) is 25.2. The number of carbonyl (C=O) groups excluding carboxylic acids is 2. The Bertz CT molecular complexity index is 1400. The molecule has 1 N–H and O–H groups in total. The van der Waals surface area contributed by atoms with Gasteiger partial charge in [0.05, 0.1) is 43.5 Å². The molecule has 3 aromatic carbocycles. The monoisotopic (exact) mass is 503 g/mol. The summed E-state index contributed by atoms with van der Waals surface area (Å²) >= 11 is 1.37. The van der Waals surface area contributed by atoms with Gasteiger partial charge in [-0.15, -0.1) is 0 Å². The number of thiazole rings is 1. The molecule has 0 unspecified atom stereocenters. The van der Waals surface area contributed by atoms with Crippen molar-refractivity contribution < 1.29 is 23.8 Å². The van der Waals surface area contributed by atoms with Crippen molar-refractivity contribution in [1.82, 2.24) is 4.98 Å². The molecule has 1 fully saturated rings. The maximum Gasteiger partial charge on any atom is 0.232 e. The summed E-state index contributed by atoms with van der Waals surface area (Å²) in [5.74, 6) is 1.11. The van der Waals surface area contributed by atoms with Gasteiger partial charge in [0.1, 0.15) is 17.2 Å². The number of ether oxygens (including phenoxy) is 3. The fourth-order valence-electron chi connectivity index (χ4n) is 4.48. The summed E-state index contributed by atoms with van der Waals surface area (Å²) in [5, 5.41) is 3.43. The van der Waals surface area contributed by atoms with Gasteiger partial charge in [-0.3, -0.25) is 9.59 Å². The summed E-state index contributed by atoms with van der Waals surface area (Å²) in [5.41, 5.74) is 2.31. The molecular weight excluding hydrogens is 478 g/mol. The van der Waals surface area contributed by atoms with Crippen LogP contribution in [0.3, 0.4) is 0 Å². The van der Waals surface area contributed by atoms with Gasteiger partial charge in [0.25, 0.3) is 0 Å². The Hall–Kier alpha value is -4.11. The zero-order valence-electron chi connectivity index (χ0n) is 20.1. The first-order valence-corrected chi connectivity index (χ1v) is 12.2. The van der Waals surface area contributed by atoms with Crippen molar-refractivity contribution >= 4 is 44.2 Å². The molecular formula is C27H25N3O5S. The van der Waals surface area contributed by atoms with Crippen molar-refractivity contribution in [2.75, 3.05) is 31.5 Å². The van der Waals surface area contributed by atoms with Crippen LogP contribution in [0.4, 0.5) is 10.8 Å². The van der Waals surface area contributed by atoms with Crippen LogP contribution in [-0.2, 0) is 9.59 Å². The molecule has 0 bridgehead atoms. The van der Waals surface area contributed by atoms with Crippen LogP contribution in [0.1, 0.15) is 18.0 Å². The molecule has 184 valence electrons. The summed E-state index contributed by atoms with van der Waals surface area (Å²) in [6.45, 7) is 0. The normalized spacial score (nSPS) is 17.3. The van der Waals surface area contributed by atoms with Gasteiger partial charge < -0.3 is 24.4 Å². The molecule has 1 aliphatic rings. The zero-order valence-corrected chi connectivity index (χ0v) is 20.9. The number of hydrogen-bond donors (Lipinski definition) is 1. The van der Waals surface area contributed by atoms with Gasteiger partial charge in [-0.1, -0.05) is 23.5 Å². The quantitative estimate of drug-likeness (QED) is 0.379. The van der Waals surface area contributed by atoms with Crippen LogP contribution in [0.25, 0.3) is 10.2 Å². The maximum atomic E-state index is 13.6. The summed E-state index contributed by atoms with van der Waals surface area (Å²) < 4.78 is 16.8. The number of amides is 2. The fraction of sp³-hybridized carbons (Fsp3) is 0.222. The molecule has 0 spiro atoms. The lowest BCUT2D eigenvalue weighted by Gasteiger charge is -2.28. The summed E-state index contributed by atoms with van der Waals surface area (Å²) in [4.78, 5) is 33.1. The lowest BCUT2D eigenvalue weighted by atomic mass is 9.92. The fourth-order valence-corrected chi connectivity index (χ4v) is 5.38. The first-order chi connectivity index (χ1) is 17.5. The topological polar surface area (TPSA) is 90.0 Å². The van der Waals surface area contributed by atoms with Crippen molar-refractivity contribution in [2.24, 2.45) is 5.92 Å². The van der Waals surface area contributed by atoms with Gasteiger partial charge in [-0.2, -0.15) is 0 Å². The number of aromatic nitrogens is 1. The lowest BCUT2D eigenvalue weighted by molar-refractivity contribution is -0.122. The highest BCUT2D eigenvalue weighted by Gasteiger charge is 2.45. The number of benzene rings is 3. The summed E-state index contributed by atoms with van der Waals surface area (Å²) in [7, 11) is 4.80. The van der Waals surface area contributed by atoms with E-state index in [2.05, 4.69) is 10.3 Å². The van der Waals surface area contributed by atoms with E-state index in [-0.39, 0.29) is 18.2 Å². The van der Waals surface area contributed by atoms with E-state index in [1.54, 1.807) is 38.4 Å². The molecule has 1 aliphatic heterocycles. The second-order valence-corrected chi connectivity index (χ2v) is 9.36. The molecule has 4 aromatic rings. The van der Waals surface area contributed by atoms with Gasteiger partial charge in [-0.05, 0) is 60.2 Å². The van der Waals surface area contributed by atoms with E-state index in [1.807, 2.05) is 54.6 Å². The number of carbonyl (C=O) groups is 2. The Kier molecular flexibility index (Phi) is 6.47. The first-order valence-electron chi connectivity index (χ1n) is 11.4. The van der Waals surface area contributed by atoms with Crippen LogP contribution >= 0.6 is 11.3 Å². The van der Waals surface area contributed by atoms with E-state index >= 15 is 0 Å². The van der Waals surface area contributed by atoms with Gasteiger partial charge in [-0.25, -0.2) is 4.98 Å². The Morgan fingerprint density at radius 1 is 0.917 bits per heavy atom. The van der Waals surface area contributed by atoms with Crippen molar-refractivity contribution in [1.29, 1.82) is 0 Å². The molecule has 5 rings (SSSR count). The summed E-state index contributed by atoms with van der Waals surface area (Å²) in [6.07, 6.45) is 0.0767. The highest BCUT2D eigenvalue weighted by Crippen LogP contribution is 2.43. The van der Waals surface area contributed by atoms with E-state index in [0.29, 0.717) is 22.3 Å². The number of fused-ring (bicyclic) bond motifs is 1. The second-order valence-electron chi connectivity index (χ2n) is 8.33. The van der Waals surface area contributed by atoms with Gasteiger partial charge in [0.15, 0.2) is 5.13 Å². The minimum atomic E-state index is -0.616. The second kappa shape index (κ2) is 9.87. The van der Waals surface area contributed by atoms with Crippen molar-refractivity contribution in [3.05, 3.63) is 72.3 Å². The molecule has 2 heterocycles. The average molecular weight is 504 g/mol. The van der Waals surface area contributed by atoms with Crippen molar-refractivity contribution in [2.45, 2.75) is 12.5 Å². The van der Waals surface area contributed by atoms with Crippen LogP contribution in [-0.4, -0.2) is 38.1 Å². The largest absolute Gasteiger partial charge is 0.497 e. The van der Waals surface area contributed by atoms with Crippen LogP contribution in [0.2, 0.25) is 0 Å². The minimum absolute atomic E-state index is 0.0767. The number of hydrogen-bond acceptors (Lipinski definition) is 7. The third-order valence-corrected chi connectivity index (χ3v) is 7.23. The van der Waals surface area contributed by atoms with Gasteiger partial charge in [0.2, 0.25) is 11.8 Å². The molecule has 9 heteroatoms. The van der Waals surface area contributed by atoms with Crippen LogP contribution in [0.15, 0.2) is 66.7 Å². The Balaban J connectivity index is 1.48. The average Bonchev–Trinajstić information content (AvgIpc) is 3.48. The molecule has 0 saturated carbocycles. The summed E-state index contributed by atoms with van der Waals surface area (Å²) in [6, 6.07) is 19.8. The smallest absolute Gasteiger partial charge is 0.232 e. The van der Waals surface area contributed by atoms with E-state index in [1.165, 1.54) is 11.3 Å². The van der Waals surface area contributed by atoms with E-state index in [0.717, 1.165) is 21.5 Å². The van der Waals surface area contributed by atoms with Crippen molar-refractivity contribution in [3.63, 3.8) is 0 Å². The van der Waals surface area contributed by atoms with Crippen LogP contribution in [0, 0.1) is 5.92 Å². The standard InChI is InChI=1S/C27H25N3O5S/c1-33-18-8-4-16(5-9-18)25-21(15-24(31)30(25)17-6-10-19(34-2)11-7-17)26(32)29-27-28-22-13-12-20(35-3)14-23(22)36-27/h4-14,21,25H,15H2,1-3H3,(H,28,29,32)/t21-,25-/m0/s1. The third kappa shape index (κ3) is 4.45. The number of methoxy groups -OCH3 is 3. The minimum Gasteiger partial charge on any atom is -0.497 e. The molecule has 8 nitrogen and oxygen atoms in total. The van der Waals surface area contributed by atoms with Gasteiger partial charge in [0, 0.05) is 12.1 Å². The Morgan fingerprint density at radius 2 is 1.53 bits per heavy atom. The molecule has 1 aromatic heterocycles.